The molecule has 3 unspecified atom stereocenters. The van der Waals surface area contributed by atoms with Crippen LogP contribution in [0.1, 0.15) is 58.9 Å². The minimum Gasteiger partial charge on any atom is -0.451 e. The number of nitrogens with zero attached hydrogens (tertiary/aromatic N) is 2. The molecule has 7 nitrogen and oxygen atoms in total. The number of Topliss-reactive ketones (excluding diaryl/α,β-unsaturated/α-hetero) is 1. The van der Waals surface area contributed by atoms with Crippen LogP contribution in [0.25, 0.3) is 22.2 Å². The molecule has 2 amide bonds. The van der Waals surface area contributed by atoms with E-state index in [-0.39, 0.29) is 35.0 Å². The molecule has 1 aliphatic carbocycles. The molecule has 6 rings (SSSR count). The SMILES string of the molecule is Cc1ccc2nc(-c3ccc(N4C(=O)C5CCCCC5C4=O)cc3)cc(C(=O)OC(C)C(=O)c3cccc(Cl)c3)c2c1. The number of ketones is 1. The number of fused-ring (bicyclic) bond motifs is 2. The van der Waals surface area contributed by atoms with E-state index in [4.69, 9.17) is 21.3 Å². The van der Waals surface area contributed by atoms with Crippen molar-refractivity contribution in [3.8, 4) is 11.3 Å². The number of amides is 2. The molecule has 0 bridgehead atoms. The van der Waals surface area contributed by atoms with E-state index < -0.39 is 12.1 Å². The fourth-order valence-corrected chi connectivity index (χ4v) is 6.20. The Hall–Kier alpha value is -4.36. The molecule has 8 heteroatoms. The van der Waals surface area contributed by atoms with E-state index >= 15 is 0 Å². The molecule has 42 heavy (non-hydrogen) atoms. The van der Waals surface area contributed by atoms with E-state index in [1.807, 2.05) is 25.1 Å². The Morgan fingerprint density at radius 2 is 1.62 bits per heavy atom. The molecule has 0 N–H and O–H groups in total. The van der Waals surface area contributed by atoms with Gasteiger partial charge in [-0.05, 0) is 69.2 Å². The summed E-state index contributed by atoms with van der Waals surface area (Å²) in [6.45, 7) is 3.45. The number of imide groups is 1. The number of carbonyl (C=O) groups is 4. The molecular formula is C34H29ClN2O5. The third-order valence-corrected chi connectivity index (χ3v) is 8.44. The second-order valence-corrected chi connectivity index (χ2v) is 11.5. The molecule has 1 aromatic heterocycles. The molecule has 3 aromatic carbocycles. The summed E-state index contributed by atoms with van der Waals surface area (Å²) in [5.74, 6) is -1.70. The number of rotatable bonds is 6. The zero-order chi connectivity index (χ0) is 29.5. The van der Waals surface area contributed by atoms with Crippen LogP contribution in [-0.2, 0) is 14.3 Å². The Bertz CT molecular complexity index is 1730. The highest BCUT2D eigenvalue weighted by molar-refractivity contribution is 6.31. The second kappa shape index (κ2) is 11.1. The van der Waals surface area contributed by atoms with Crippen molar-refractivity contribution < 1.29 is 23.9 Å². The largest absolute Gasteiger partial charge is 0.451 e. The van der Waals surface area contributed by atoms with Gasteiger partial charge >= 0.3 is 5.97 Å². The highest BCUT2D eigenvalue weighted by atomic mass is 35.5. The number of hydrogen-bond donors (Lipinski definition) is 0. The van der Waals surface area contributed by atoms with Gasteiger partial charge in [0.25, 0.3) is 0 Å². The fraction of sp³-hybridized carbons (Fsp3) is 0.265. The molecule has 2 heterocycles. The number of carbonyl (C=O) groups excluding carboxylic acids is 4. The molecule has 2 fully saturated rings. The van der Waals surface area contributed by atoms with Crippen molar-refractivity contribution in [2.24, 2.45) is 11.8 Å². The minimum atomic E-state index is -1.04. The average Bonchev–Trinajstić information content (AvgIpc) is 3.25. The third kappa shape index (κ3) is 5.09. The summed E-state index contributed by atoms with van der Waals surface area (Å²) in [5, 5.41) is 1.03. The van der Waals surface area contributed by atoms with E-state index in [2.05, 4.69) is 0 Å². The number of benzene rings is 3. The smallest absolute Gasteiger partial charge is 0.339 e. The number of esters is 1. The van der Waals surface area contributed by atoms with Crippen LogP contribution in [0.5, 0.6) is 0 Å². The van der Waals surface area contributed by atoms with Gasteiger partial charge in [0.05, 0.1) is 34.3 Å². The van der Waals surface area contributed by atoms with Gasteiger partial charge in [-0.2, -0.15) is 0 Å². The standard InChI is InChI=1S/C34H29ClN2O5/c1-19-10-15-29-27(16-19)28(34(41)42-20(2)31(38)22-6-5-7-23(35)17-22)18-30(36-29)21-11-13-24(14-12-21)37-32(39)25-8-3-4-9-26(25)33(37)40/h5-7,10-18,20,25-26H,3-4,8-9H2,1-2H3. The lowest BCUT2D eigenvalue weighted by atomic mass is 9.81. The van der Waals surface area contributed by atoms with Crippen molar-refractivity contribution in [1.29, 1.82) is 0 Å². The molecular weight excluding hydrogens is 552 g/mol. The van der Waals surface area contributed by atoms with Crippen molar-refractivity contribution in [1.82, 2.24) is 4.98 Å². The lowest BCUT2D eigenvalue weighted by Gasteiger charge is -2.19. The average molecular weight is 581 g/mol. The van der Waals surface area contributed by atoms with Crippen LogP contribution in [-0.4, -0.2) is 34.7 Å². The molecule has 3 atom stereocenters. The molecule has 1 saturated heterocycles. The summed E-state index contributed by atoms with van der Waals surface area (Å²) in [6.07, 6.45) is 2.42. The number of pyridine rings is 1. The Morgan fingerprint density at radius 1 is 0.929 bits per heavy atom. The van der Waals surface area contributed by atoms with E-state index in [1.54, 1.807) is 54.6 Å². The van der Waals surface area contributed by atoms with Gasteiger partial charge in [-0.15, -0.1) is 0 Å². The maximum Gasteiger partial charge on any atom is 0.339 e. The van der Waals surface area contributed by atoms with Crippen LogP contribution in [0.4, 0.5) is 5.69 Å². The lowest BCUT2D eigenvalue weighted by molar-refractivity contribution is -0.122. The van der Waals surface area contributed by atoms with Crippen LogP contribution < -0.4 is 4.90 Å². The fourth-order valence-electron chi connectivity index (χ4n) is 6.01. The van der Waals surface area contributed by atoms with Gasteiger partial charge in [-0.3, -0.25) is 19.3 Å². The topological polar surface area (TPSA) is 93.6 Å². The van der Waals surface area contributed by atoms with Gasteiger partial charge in [-0.1, -0.05) is 60.3 Å². The molecule has 212 valence electrons. The summed E-state index contributed by atoms with van der Waals surface area (Å²) in [4.78, 5) is 58.6. The molecule has 2 aliphatic rings. The summed E-state index contributed by atoms with van der Waals surface area (Å²) >= 11 is 6.04. The molecule has 1 saturated carbocycles. The van der Waals surface area contributed by atoms with E-state index in [1.165, 1.54) is 11.8 Å². The first kappa shape index (κ1) is 27.8. The summed E-state index contributed by atoms with van der Waals surface area (Å²) in [7, 11) is 0. The van der Waals surface area contributed by atoms with Crippen LogP contribution in [0, 0.1) is 18.8 Å². The Balaban J connectivity index is 1.30. The molecule has 1 aliphatic heterocycles. The van der Waals surface area contributed by atoms with Crippen molar-refractivity contribution in [2.75, 3.05) is 4.90 Å². The Morgan fingerprint density at radius 3 is 2.29 bits per heavy atom. The van der Waals surface area contributed by atoms with E-state index in [9.17, 15) is 19.2 Å². The van der Waals surface area contributed by atoms with Gasteiger partial charge in [0.15, 0.2) is 6.10 Å². The molecule has 0 spiro atoms. The summed E-state index contributed by atoms with van der Waals surface area (Å²) in [6, 6.07) is 20.8. The van der Waals surface area contributed by atoms with Gasteiger partial charge in [-0.25, -0.2) is 9.78 Å². The zero-order valence-electron chi connectivity index (χ0n) is 23.3. The quantitative estimate of drug-likeness (QED) is 0.139. The first-order valence-electron chi connectivity index (χ1n) is 14.1. The Kier molecular flexibility index (Phi) is 7.37. The van der Waals surface area contributed by atoms with Gasteiger partial charge in [0.1, 0.15) is 0 Å². The highest BCUT2D eigenvalue weighted by Gasteiger charge is 2.48. The zero-order valence-corrected chi connectivity index (χ0v) is 24.1. The summed E-state index contributed by atoms with van der Waals surface area (Å²) < 4.78 is 5.65. The number of aryl methyl sites for hydroxylation is 1. The van der Waals surface area contributed by atoms with Crippen LogP contribution in [0.3, 0.4) is 0 Å². The van der Waals surface area contributed by atoms with Crippen molar-refractivity contribution >= 4 is 51.8 Å². The minimum absolute atomic E-state index is 0.122. The number of hydrogen-bond acceptors (Lipinski definition) is 6. The second-order valence-electron chi connectivity index (χ2n) is 11.1. The van der Waals surface area contributed by atoms with Crippen molar-refractivity contribution in [3.63, 3.8) is 0 Å². The van der Waals surface area contributed by atoms with Gasteiger partial charge in [0, 0.05) is 21.5 Å². The monoisotopic (exact) mass is 580 g/mol. The maximum atomic E-state index is 13.5. The number of ether oxygens (including phenoxy) is 1. The van der Waals surface area contributed by atoms with Crippen LogP contribution in [0.2, 0.25) is 5.02 Å². The third-order valence-electron chi connectivity index (χ3n) is 8.21. The lowest BCUT2D eigenvalue weighted by Crippen LogP contribution is -2.30. The van der Waals surface area contributed by atoms with Crippen molar-refractivity contribution in [2.45, 2.75) is 45.6 Å². The molecule has 4 aromatic rings. The number of halogens is 1. The first-order chi connectivity index (χ1) is 20.2. The van der Waals surface area contributed by atoms with Crippen molar-refractivity contribution in [3.05, 3.63) is 94.5 Å². The van der Waals surface area contributed by atoms with Crippen LogP contribution in [0.15, 0.2) is 72.8 Å². The van der Waals surface area contributed by atoms with Gasteiger partial charge in [0.2, 0.25) is 17.6 Å². The normalized spacial score (nSPS) is 19.1. The van der Waals surface area contributed by atoms with E-state index in [0.717, 1.165) is 31.2 Å². The first-order valence-corrected chi connectivity index (χ1v) is 14.5. The highest BCUT2D eigenvalue weighted by Crippen LogP contribution is 2.40. The summed E-state index contributed by atoms with van der Waals surface area (Å²) in [5.41, 5.74) is 3.93. The number of anilines is 1. The van der Waals surface area contributed by atoms with Crippen LogP contribution >= 0.6 is 11.6 Å². The Labute approximate surface area is 248 Å². The maximum absolute atomic E-state index is 13.5. The van der Waals surface area contributed by atoms with E-state index in [0.29, 0.717) is 38.4 Å². The predicted octanol–water partition coefficient (Wildman–Crippen LogP) is 6.97. The van der Waals surface area contributed by atoms with Gasteiger partial charge < -0.3 is 4.74 Å². The predicted molar refractivity (Wildman–Crippen MR) is 161 cm³/mol. The molecule has 0 radical (unpaired) electrons. The number of aromatic nitrogens is 1.